The first-order valence-electron chi connectivity index (χ1n) is 6.89. The number of rotatable bonds is 6. The number of nitrogens with one attached hydrogen (secondary N) is 2. The van der Waals surface area contributed by atoms with Crippen molar-refractivity contribution in [3.8, 4) is 0 Å². The first-order chi connectivity index (χ1) is 9.54. The molecule has 1 heterocycles. The van der Waals surface area contributed by atoms with Gasteiger partial charge in [-0.15, -0.1) is 11.3 Å². The second kappa shape index (κ2) is 8.21. The zero-order valence-electron chi connectivity index (χ0n) is 12.5. The fourth-order valence-corrected chi connectivity index (χ4v) is 3.30. The van der Waals surface area contributed by atoms with Crippen LogP contribution in [0.5, 0.6) is 0 Å². The molecule has 0 aliphatic rings. The number of aryl methyl sites for hydroxylation is 1. The smallest absolute Gasteiger partial charge is 0.341 e. The normalized spacial score (nSPS) is 10.2. The number of thiophene rings is 1. The number of thiocarbonyl (C=S) groups is 1. The van der Waals surface area contributed by atoms with Gasteiger partial charge in [0, 0.05) is 11.4 Å². The summed E-state index contributed by atoms with van der Waals surface area (Å²) < 4.78 is 5.15. The Labute approximate surface area is 129 Å². The van der Waals surface area contributed by atoms with Crippen LogP contribution in [-0.2, 0) is 11.2 Å². The number of anilines is 1. The Morgan fingerprint density at radius 3 is 2.60 bits per heavy atom. The van der Waals surface area contributed by atoms with Gasteiger partial charge in [-0.25, -0.2) is 4.79 Å². The van der Waals surface area contributed by atoms with Crippen molar-refractivity contribution in [3.63, 3.8) is 0 Å². The van der Waals surface area contributed by atoms with Gasteiger partial charge in [0.2, 0.25) is 0 Å². The molecule has 4 nitrogen and oxygen atoms in total. The van der Waals surface area contributed by atoms with Crippen molar-refractivity contribution < 1.29 is 9.53 Å². The van der Waals surface area contributed by atoms with E-state index in [0.29, 0.717) is 17.3 Å². The van der Waals surface area contributed by atoms with Gasteiger partial charge in [0.25, 0.3) is 0 Å². The van der Waals surface area contributed by atoms with Crippen LogP contribution < -0.4 is 10.6 Å². The molecule has 0 aromatic carbocycles. The van der Waals surface area contributed by atoms with Crippen LogP contribution in [0.1, 0.15) is 48.0 Å². The van der Waals surface area contributed by atoms with E-state index in [1.165, 1.54) is 0 Å². The van der Waals surface area contributed by atoms with Crippen LogP contribution in [0.25, 0.3) is 0 Å². The largest absolute Gasteiger partial charge is 0.462 e. The molecular formula is C14H22N2O2S2. The minimum absolute atomic E-state index is 0.283. The minimum Gasteiger partial charge on any atom is -0.462 e. The molecule has 112 valence electrons. The summed E-state index contributed by atoms with van der Waals surface area (Å²) in [7, 11) is 0. The first-order valence-corrected chi connectivity index (χ1v) is 8.11. The van der Waals surface area contributed by atoms with Crippen LogP contribution in [0.3, 0.4) is 0 Å². The second-order valence-corrected chi connectivity index (χ2v) is 5.93. The van der Waals surface area contributed by atoms with Gasteiger partial charge in [0.05, 0.1) is 12.2 Å². The van der Waals surface area contributed by atoms with Crippen LogP contribution in [0.4, 0.5) is 5.00 Å². The molecule has 1 aromatic rings. The average Bonchev–Trinajstić information content (AvgIpc) is 2.72. The molecule has 20 heavy (non-hydrogen) atoms. The van der Waals surface area contributed by atoms with E-state index < -0.39 is 0 Å². The van der Waals surface area contributed by atoms with E-state index in [0.717, 1.165) is 34.8 Å². The lowest BCUT2D eigenvalue weighted by Crippen LogP contribution is -2.29. The van der Waals surface area contributed by atoms with Gasteiger partial charge >= 0.3 is 5.97 Å². The van der Waals surface area contributed by atoms with Gasteiger partial charge < -0.3 is 15.4 Å². The van der Waals surface area contributed by atoms with E-state index in [9.17, 15) is 4.79 Å². The van der Waals surface area contributed by atoms with Crippen molar-refractivity contribution in [1.29, 1.82) is 0 Å². The third-order valence-electron chi connectivity index (χ3n) is 2.80. The Hall–Kier alpha value is -1.14. The summed E-state index contributed by atoms with van der Waals surface area (Å²) in [6, 6.07) is 0. The minimum atomic E-state index is -0.283. The Morgan fingerprint density at radius 2 is 2.05 bits per heavy atom. The molecule has 0 saturated heterocycles. The van der Waals surface area contributed by atoms with E-state index >= 15 is 0 Å². The summed E-state index contributed by atoms with van der Waals surface area (Å²) in [4.78, 5) is 13.3. The van der Waals surface area contributed by atoms with Gasteiger partial charge in [-0.3, -0.25) is 0 Å². The van der Waals surface area contributed by atoms with Gasteiger partial charge in [-0.1, -0.05) is 13.8 Å². The number of hydrogen-bond acceptors (Lipinski definition) is 4. The maximum absolute atomic E-state index is 12.1. The highest BCUT2D eigenvalue weighted by Gasteiger charge is 2.22. The van der Waals surface area contributed by atoms with Gasteiger partial charge in [-0.2, -0.15) is 0 Å². The van der Waals surface area contributed by atoms with Gasteiger partial charge in [0.15, 0.2) is 5.11 Å². The van der Waals surface area contributed by atoms with Crippen LogP contribution >= 0.6 is 23.6 Å². The molecule has 0 radical (unpaired) electrons. The molecule has 1 rings (SSSR count). The summed E-state index contributed by atoms with van der Waals surface area (Å²) >= 11 is 6.78. The standard InChI is InChI=1S/C14H22N2O2S2/c1-5-8-15-14(19)16-12-11(13(17)18-7-3)10(6-2)9(4)20-12/h5-8H2,1-4H3,(H2,15,16,19). The topological polar surface area (TPSA) is 50.4 Å². The number of carbonyl (C=O) groups is 1. The van der Waals surface area contributed by atoms with Crippen LogP contribution in [0, 0.1) is 6.92 Å². The van der Waals surface area contributed by atoms with Crippen LogP contribution in [0.2, 0.25) is 0 Å². The molecule has 0 aliphatic heterocycles. The molecular weight excluding hydrogens is 292 g/mol. The SMILES string of the molecule is CCCNC(=S)Nc1sc(C)c(CC)c1C(=O)OCC. The molecule has 1 aromatic heterocycles. The predicted octanol–water partition coefficient (Wildman–Crippen LogP) is 3.49. The molecule has 0 saturated carbocycles. The van der Waals surface area contributed by atoms with Crippen molar-refractivity contribution >= 4 is 39.6 Å². The zero-order valence-corrected chi connectivity index (χ0v) is 14.1. The third kappa shape index (κ3) is 4.18. The Morgan fingerprint density at radius 1 is 1.35 bits per heavy atom. The Balaban J connectivity index is 3.00. The number of hydrogen-bond donors (Lipinski definition) is 2. The monoisotopic (exact) mass is 314 g/mol. The average molecular weight is 314 g/mol. The molecule has 2 N–H and O–H groups in total. The molecule has 0 amide bonds. The first kappa shape index (κ1) is 16.9. The van der Waals surface area contributed by atoms with Crippen molar-refractivity contribution in [2.45, 2.75) is 40.5 Å². The maximum Gasteiger partial charge on any atom is 0.341 e. The second-order valence-electron chi connectivity index (χ2n) is 4.30. The van der Waals surface area contributed by atoms with Gasteiger partial charge in [0.1, 0.15) is 5.00 Å². The molecule has 0 fully saturated rings. The number of ether oxygens (including phenoxy) is 1. The van der Waals surface area contributed by atoms with E-state index in [1.807, 2.05) is 20.8 Å². The van der Waals surface area contributed by atoms with E-state index in [-0.39, 0.29) is 5.97 Å². The Bertz CT molecular complexity index is 484. The third-order valence-corrected chi connectivity index (χ3v) is 4.11. The summed E-state index contributed by atoms with van der Waals surface area (Å²) in [5.41, 5.74) is 1.66. The van der Waals surface area contributed by atoms with E-state index in [4.69, 9.17) is 17.0 Å². The molecule has 0 bridgehead atoms. The number of carbonyl (C=O) groups excluding carboxylic acids is 1. The Kier molecular flexibility index (Phi) is 6.95. The lowest BCUT2D eigenvalue weighted by Gasteiger charge is -2.10. The molecule has 0 spiro atoms. The summed E-state index contributed by atoms with van der Waals surface area (Å²) in [6.07, 6.45) is 1.80. The predicted molar refractivity (Wildman–Crippen MR) is 88.9 cm³/mol. The van der Waals surface area contributed by atoms with E-state index in [1.54, 1.807) is 11.3 Å². The lowest BCUT2D eigenvalue weighted by atomic mass is 10.1. The lowest BCUT2D eigenvalue weighted by molar-refractivity contribution is 0.0527. The van der Waals surface area contributed by atoms with Crippen molar-refractivity contribution in [3.05, 3.63) is 16.0 Å². The van der Waals surface area contributed by atoms with Crippen molar-refractivity contribution in [1.82, 2.24) is 5.32 Å². The molecule has 0 unspecified atom stereocenters. The highest BCUT2D eigenvalue weighted by Crippen LogP contribution is 2.34. The van der Waals surface area contributed by atoms with E-state index in [2.05, 4.69) is 17.6 Å². The molecule has 0 aliphatic carbocycles. The molecule has 6 heteroatoms. The quantitative estimate of drug-likeness (QED) is 0.622. The van der Waals surface area contributed by atoms with Crippen molar-refractivity contribution in [2.24, 2.45) is 0 Å². The summed E-state index contributed by atoms with van der Waals surface area (Å²) in [6.45, 7) is 9.11. The van der Waals surface area contributed by atoms with Gasteiger partial charge in [-0.05, 0) is 44.5 Å². The fraction of sp³-hybridized carbons (Fsp3) is 0.571. The van der Waals surface area contributed by atoms with Crippen molar-refractivity contribution in [2.75, 3.05) is 18.5 Å². The highest BCUT2D eigenvalue weighted by atomic mass is 32.1. The fourth-order valence-electron chi connectivity index (χ4n) is 1.90. The number of esters is 1. The van der Waals surface area contributed by atoms with Crippen LogP contribution in [-0.4, -0.2) is 24.2 Å². The summed E-state index contributed by atoms with van der Waals surface area (Å²) in [5.74, 6) is -0.283. The zero-order chi connectivity index (χ0) is 15.1. The summed E-state index contributed by atoms with van der Waals surface area (Å²) in [5, 5.41) is 7.53. The molecule has 0 atom stereocenters. The van der Waals surface area contributed by atoms with Crippen LogP contribution in [0.15, 0.2) is 0 Å². The maximum atomic E-state index is 12.1. The highest BCUT2D eigenvalue weighted by molar-refractivity contribution is 7.80.